The molecule has 18 heavy (non-hydrogen) atoms. The molecule has 7 heteroatoms. The Morgan fingerprint density at radius 1 is 1.17 bits per heavy atom. The zero-order chi connectivity index (χ0) is 13.5. The van der Waals surface area contributed by atoms with E-state index < -0.39 is 6.09 Å². The van der Waals surface area contributed by atoms with E-state index in [1.165, 1.54) is 14.2 Å². The molecule has 0 aliphatic rings. The summed E-state index contributed by atoms with van der Waals surface area (Å²) in [6.45, 7) is 0. The molecule has 1 amide bonds. The third kappa shape index (κ3) is 3.77. The average molecular weight is 270 g/mol. The molecule has 0 saturated carbocycles. The Morgan fingerprint density at radius 3 is 2.39 bits per heavy atom. The minimum absolute atomic E-state index is 0.133. The molecule has 1 rings (SSSR count). The van der Waals surface area contributed by atoms with Gasteiger partial charge in [0.25, 0.3) is 0 Å². The van der Waals surface area contributed by atoms with Gasteiger partial charge in [0, 0.05) is 11.8 Å². The van der Waals surface area contributed by atoms with Crippen molar-refractivity contribution in [2.75, 3.05) is 26.6 Å². The molecular formula is C11H14N2O4S. The van der Waals surface area contributed by atoms with Crippen LogP contribution in [0.1, 0.15) is 0 Å². The van der Waals surface area contributed by atoms with E-state index >= 15 is 0 Å². The molecule has 6 nitrogen and oxygen atoms in total. The minimum Gasteiger partial charge on any atom is -0.493 e. The number of nitrogens with one attached hydrogen (secondary N) is 2. The molecule has 0 unspecified atom stereocenters. The lowest BCUT2D eigenvalue weighted by atomic mass is 10.3. The highest BCUT2D eigenvalue weighted by molar-refractivity contribution is 7.80. The largest absolute Gasteiger partial charge is 0.493 e. The lowest BCUT2D eigenvalue weighted by Crippen LogP contribution is -2.33. The van der Waals surface area contributed by atoms with Crippen LogP contribution in [0.4, 0.5) is 10.5 Å². The van der Waals surface area contributed by atoms with Gasteiger partial charge in [0.15, 0.2) is 16.6 Å². The first-order valence-electron chi connectivity index (χ1n) is 4.98. The van der Waals surface area contributed by atoms with Gasteiger partial charge in [0.2, 0.25) is 0 Å². The Bertz CT molecular complexity index is 451. The first-order chi connectivity index (χ1) is 8.60. The second kappa shape index (κ2) is 6.65. The quantitative estimate of drug-likeness (QED) is 0.816. The van der Waals surface area contributed by atoms with Crippen molar-refractivity contribution >= 4 is 29.1 Å². The molecule has 2 N–H and O–H groups in total. The van der Waals surface area contributed by atoms with E-state index in [9.17, 15) is 4.79 Å². The first-order valence-corrected chi connectivity index (χ1v) is 5.39. The van der Waals surface area contributed by atoms with Gasteiger partial charge in [-0.05, 0) is 24.4 Å². The third-order valence-corrected chi connectivity index (χ3v) is 2.25. The summed E-state index contributed by atoms with van der Waals surface area (Å²) in [5.74, 6) is 1.17. The van der Waals surface area contributed by atoms with Gasteiger partial charge < -0.3 is 19.5 Å². The van der Waals surface area contributed by atoms with Crippen LogP contribution in [0.3, 0.4) is 0 Å². The molecule has 1 aromatic rings. The second-order valence-corrected chi connectivity index (χ2v) is 3.55. The lowest BCUT2D eigenvalue weighted by molar-refractivity contribution is 0.177. The standard InChI is InChI=1S/C11H14N2O4S/c1-15-8-5-4-7(6-9(8)16-2)12-10(18)13-11(14)17-3/h4-6H,1-3H3,(H2,12,13,14,18). The number of benzene rings is 1. The molecule has 0 atom stereocenters. The van der Waals surface area contributed by atoms with Crippen LogP contribution in [0.2, 0.25) is 0 Å². The maximum atomic E-state index is 10.9. The number of hydrogen-bond donors (Lipinski definition) is 2. The minimum atomic E-state index is -0.632. The van der Waals surface area contributed by atoms with Crippen LogP contribution in [0, 0.1) is 0 Å². The molecule has 0 aliphatic carbocycles. The van der Waals surface area contributed by atoms with Crippen LogP contribution in [0.5, 0.6) is 11.5 Å². The van der Waals surface area contributed by atoms with Gasteiger partial charge in [0.05, 0.1) is 21.3 Å². The maximum Gasteiger partial charge on any atom is 0.413 e. The summed E-state index contributed by atoms with van der Waals surface area (Å²) >= 11 is 4.92. The summed E-state index contributed by atoms with van der Waals surface area (Å²) in [5.41, 5.74) is 0.661. The molecular weight excluding hydrogens is 256 g/mol. The van der Waals surface area contributed by atoms with Crippen molar-refractivity contribution in [1.82, 2.24) is 5.32 Å². The molecule has 0 fully saturated rings. The number of anilines is 1. The fraction of sp³-hybridized carbons (Fsp3) is 0.273. The number of ether oxygens (including phenoxy) is 3. The second-order valence-electron chi connectivity index (χ2n) is 3.14. The predicted octanol–water partition coefficient (Wildman–Crippen LogP) is 1.76. The van der Waals surface area contributed by atoms with E-state index in [1.807, 2.05) is 0 Å². The summed E-state index contributed by atoms with van der Waals surface area (Å²) in [5, 5.41) is 5.28. The number of rotatable bonds is 3. The van der Waals surface area contributed by atoms with E-state index in [-0.39, 0.29) is 5.11 Å². The highest BCUT2D eigenvalue weighted by Crippen LogP contribution is 2.29. The highest BCUT2D eigenvalue weighted by atomic mass is 32.1. The summed E-state index contributed by atoms with van der Waals surface area (Å²) in [4.78, 5) is 10.9. The van der Waals surface area contributed by atoms with Crippen LogP contribution in [-0.2, 0) is 4.74 Å². The molecule has 0 saturated heterocycles. The Balaban J connectivity index is 2.73. The topological polar surface area (TPSA) is 68.8 Å². The maximum absolute atomic E-state index is 10.9. The number of carbonyl (C=O) groups excluding carboxylic acids is 1. The molecule has 98 valence electrons. The number of carbonyl (C=O) groups is 1. The monoisotopic (exact) mass is 270 g/mol. The van der Waals surface area contributed by atoms with Gasteiger partial charge in [-0.15, -0.1) is 0 Å². The highest BCUT2D eigenvalue weighted by Gasteiger charge is 2.07. The van der Waals surface area contributed by atoms with Crippen molar-refractivity contribution in [3.63, 3.8) is 0 Å². The Morgan fingerprint density at radius 2 is 1.83 bits per heavy atom. The molecule has 0 spiro atoms. The van der Waals surface area contributed by atoms with E-state index in [0.29, 0.717) is 17.2 Å². The van der Waals surface area contributed by atoms with Crippen molar-refractivity contribution in [2.24, 2.45) is 0 Å². The predicted molar refractivity (Wildman–Crippen MR) is 71.3 cm³/mol. The SMILES string of the molecule is COC(=O)NC(=S)Nc1ccc(OC)c(OC)c1. The van der Waals surface area contributed by atoms with Crippen LogP contribution in [0.25, 0.3) is 0 Å². The van der Waals surface area contributed by atoms with Crippen LogP contribution < -0.4 is 20.1 Å². The van der Waals surface area contributed by atoms with Gasteiger partial charge in [-0.3, -0.25) is 5.32 Å². The number of alkyl carbamates (subject to hydrolysis) is 1. The van der Waals surface area contributed by atoms with Crippen LogP contribution in [0.15, 0.2) is 18.2 Å². The Labute approximate surface area is 110 Å². The average Bonchev–Trinajstić information content (AvgIpc) is 2.38. The zero-order valence-electron chi connectivity index (χ0n) is 10.3. The summed E-state index contributed by atoms with van der Waals surface area (Å²) < 4.78 is 14.7. The molecule has 0 radical (unpaired) electrons. The normalized spacial score (nSPS) is 9.28. The fourth-order valence-corrected chi connectivity index (χ4v) is 1.42. The van der Waals surface area contributed by atoms with E-state index in [4.69, 9.17) is 21.7 Å². The van der Waals surface area contributed by atoms with E-state index in [1.54, 1.807) is 25.3 Å². The number of hydrogen-bond acceptors (Lipinski definition) is 5. The summed E-state index contributed by atoms with van der Waals surface area (Å²) in [7, 11) is 4.34. The molecule has 0 heterocycles. The fourth-order valence-electron chi connectivity index (χ4n) is 1.22. The van der Waals surface area contributed by atoms with E-state index in [2.05, 4.69) is 15.4 Å². The number of thiocarbonyl (C=S) groups is 1. The van der Waals surface area contributed by atoms with Gasteiger partial charge >= 0.3 is 6.09 Å². The van der Waals surface area contributed by atoms with Crippen molar-refractivity contribution < 1.29 is 19.0 Å². The van der Waals surface area contributed by atoms with Crippen molar-refractivity contribution in [1.29, 1.82) is 0 Å². The van der Waals surface area contributed by atoms with Gasteiger partial charge in [-0.1, -0.05) is 0 Å². The first kappa shape index (κ1) is 14.0. The van der Waals surface area contributed by atoms with Gasteiger partial charge in [0.1, 0.15) is 0 Å². The van der Waals surface area contributed by atoms with Crippen molar-refractivity contribution in [3.05, 3.63) is 18.2 Å². The Kier molecular flexibility index (Phi) is 5.19. The molecule has 1 aromatic carbocycles. The van der Waals surface area contributed by atoms with Crippen molar-refractivity contribution in [3.8, 4) is 11.5 Å². The van der Waals surface area contributed by atoms with Crippen molar-refractivity contribution in [2.45, 2.75) is 0 Å². The molecule has 0 bridgehead atoms. The number of methoxy groups -OCH3 is 3. The summed E-state index contributed by atoms with van der Waals surface area (Å²) in [6.07, 6.45) is -0.632. The van der Waals surface area contributed by atoms with Crippen LogP contribution in [-0.4, -0.2) is 32.5 Å². The Hall–Kier alpha value is -2.02. The molecule has 0 aromatic heterocycles. The summed E-state index contributed by atoms with van der Waals surface area (Å²) in [6, 6.07) is 5.17. The smallest absolute Gasteiger partial charge is 0.413 e. The lowest BCUT2D eigenvalue weighted by Gasteiger charge is -2.12. The van der Waals surface area contributed by atoms with E-state index in [0.717, 1.165) is 0 Å². The zero-order valence-corrected chi connectivity index (χ0v) is 11.1. The molecule has 0 aliphatic heterocycles. The van der Waals surface area contributed by atoms with Gasteiger partial charge in [-0.25, -0.2) is 4.79 Å². The van der Waals surface area contributed by atoms with Crippen LogP contribution >= 0.6 is 12.2 Å². The van der Waals surface area contributed by atoms with Gasteiger partial charge in [-0.2, -0.15) is 0 Å². The number of amides is 1. The third-order valence-electron chi connectivity index (χ3n) is 2.04.